The Hall–Kier alpha value is -3.38. The number of primary amides is 2. The average Bonchev–Trinajstić information content (AvgIpc) is 2.98. The average molecular weight is 345 g/mol. The van der Waals surface area contributed by atoms with Crippen molar-refractivity contribution < 1.29 is 14.4 Å². The summed E-state index contributed by atoms with van der Waals surface area (Å²) >= 11 is 1.19. The third-order valence-corrected chi connectivity index (χ3v) is 3.72. The van der Waals surface area contributed by atoms with Crippen LogP contribution in [0.3, 0.4) is 0 Å². The maximum absolute atomic E-state index is 10.9. The van der Waals surface area contributed by atoms with Crippen molar-refractivity contribution in [2.24, 2.45) is 11.5 Å². The number of aldehydes is 1. The smallest absolute Gasteiger partial charge is 0.317 e. The van der Waals surface area contributed by atoms with E-state index in [4.69, 9.17) is 16.7 Å². The molecule has 3 amide bonds. The van der Waals surface area contributed by atoms with Crippen LogP contribution in [0.2, 0.25) is 0 Å². The third kappa shape index (κ3) is 5.43. The lowest BCUT2D eigenvalue weighted by Crippen LogP contribution is -2.21. The molecule has 24 heavy (non-hydrogen) atoms. The van der Waals surface area contributed by atoms with E-state index in [9.17, 15) is 14.4 Å². The van der Waals surface area contributed by atoms with Crippen LogP contribution in [-0.4, -0.2) is 25.3 Å². The van der Waals surface area contributed by atoms with Gasteiger partial charge in [-0.15, -0.1) is 11.3 Å². The molecule has 0 aliphatic rings. The Balaban J connectivity index is 0.000000254. The van der Waals surface area contributed by atoms with Gasteiger partial charge in [0.1, 0.15) is 11.3 Å². The quantitative estimate of drug-likeness (QED) is 0.622. The molecule has 6 N–H and O–H groups in total. The van der Waals surface area contributed by atoms with Gasteiger partial charge in [0.25, 0.3) is 5.91 Å². The molecule has 0 saturated carbocycles. The summed E-state index contributed by atoms with van der Waals surface area (Å²) in [5.74, 6) is -0.605. The summed E-state index contributed by atoms with van der Waals surface area (Å²) in [4.78, 5) is 31.7. The van der Waals surface area contributed by atoms with E-state index in [-0.39, 0.29) is 5.56 Å². The fraction of sp³-hybridized carbons (Fsp3) is 0.0667. The highest BCUT2D eigenvalue weighted by atomic mass is 32.1. The van der Waals surface area contributed by atoms with Crippen LogP contribution in [0, 0.1) is 11.3 Å². The zero-order valence-corrected chi connectivity index (χ0v) is 13.5. The normalized spacial score (nSPS) is 9.00. The summed E-state index contributed by atoms with van der Waals surface area (Å²) in [5.41, 5.74) is 11.5. The first kappa shape index (κ1) is 18.7. The summed E-state index contributed by atoms with van der Waals surface area (Å²) in [6.45, 7) is 0. The molecule has 1 aromatic heterocycles. The number of hydrogen-bond donors (Lipinski definition) is 4. The number of nitrogens with one attached hydrogen (secondary N) is 2. The van der Waals surface area contributed by atoms with Crippen LogP contribution >= 0.6 is 11.3 Å². The molecule has 1 heterocycles. The van der Waals surface area contributed by atoms with Gasteiger partial charge in [0, 0.05) is 12.6 Å². The number of benzene rings is 1. The highest BCUT2D eigenvalue weighted by Crippen LogP contribution is 2.31. The Bertz CT molecular complexity index is 777. The van der Waals surface area contributed by atoms with Crippen molar-refractivity contribution in [3.8, 4) is 6.07 Å². The highest BCUT2D eigenvalue weighted by molar-refractivity contribution is 7.20. The van der Waals surface area contributed by atoms with Crippen molar-refractivity contribution in [3.05, 3.63) is 47.0 Å². The van der Waals surface area contributed by atoms with Gasteiger partial charge < -0.3 is 16.8 Å². The third-order valence-electron chi connectivity index (χ3n) is 2.66. The number of carbonyl (C=O) groups is 3. The predicted octanol–water partition coefficient (Wildman–Crippen LogP) is 1.75. The van der Waals surface area contributed by atoms with Gasteiger partial charge in [-0.1, -0.05) is 12.1 Å². The van der Waals surface area contributed by atoms with E-state index in [1.807, 2.05) is 6.07 Å². The Labute approximate surface area is 142 Å². The standard InChI is InChI=1S/C8H5NO.C7H10N4O2S/c9-5-7-1-3-8(6-10)4-2-7;1-10-4-2-3(5(8)12)6(14-4)11-7(9)13/h1-4,6H;2,10H,1H3,(H2,8,12)(H3,9,11,13). The van der Waals surface area contributed by atoms with Gasteiger partial charge in [0.2, 0.25) is 0 Å². The van der Waals surface area contributed by atoms with Crippen LogP contribution in [0.4, 0.5) is 14.8 Å². The van der Waals surface area contributed by atoms with E-state index >= 15 is 0 Å². The topological polar surface area (TPSA) is 151 Å². The second-order valence-corrected chi connectivity index (χ2v) is 5.36. The van der Waals surface area contributed by atoms with Crippen LogP contribution in [0.15, 0.2) is 30.3 Å². The van der Waals surface area contributed by atoms with Crippen LogP contribution in [0.1, 0.15) is 26.3 Å². The second kappa shape index (κ2) is 8.92. The SMILES string of the molecule is CNc1cc(C(N)=O)c(NC(N)=O)s1.N#Cc1ccc(C=O)cc1. The van der Waals surface area contributed by atoms with Crippen molar-refractivity contribution in [3.63, 3.8) is 0 Å². The maximum Gasteiger partial charge on any atom is 0.317 e. The number of rotatable bonds is 4. The van der Waals surface area contributed by atoms with E-state index in [1.54, 1.807) is 37.4 Å². The first-order chi connectivity index (χ1) is 11.4. The number of nitrogens with two attached hydrogens (primary N) is 2. The van der Waals surface area contributed by atoms with E-state index in [1.165, 1.54) is 11.3 Å². The summed E-state index contributed by atoms with van der Waals surface area (Å²) in [7, 11) is 1.70. The molecule has 2 rings (SSSR count). The van der Waals surface area contributed by atoms with Gasteiger partial charge in [0.15, 0.2) is 0 Å². The number of anilines is 2. The minimum Gasteiger partial charge on any atom is -0.380 e. The minimum atomic E-state index is -0.725. The summed E-state index contributed by atoms with van der Waals surface area (Å²) in [6, 6.07) is 9.25. The maximum atomic E-state index is 10.9. The summed E-state index contributed by atoms with van der Waals surface area (Å²) < 4.78 is 0. The van der Waals surface area contributed by atoms with Crippen molar-refractivity contribution in [1.29, 1.82) is 5.26 Å². The molecule has 0 fully saturated rings. The van der Waals surface area contributed by atoms with E-state index in [0.717, 1.165) is 11.3 Å². The van der Waals surface area contributed by atoms with Gasteiger partial charge in [-0.2, -0.15) is 5.26 Å². The van der Waals surface area contributed by atoms with Gasteiger partial charge in [-0.3, -0.25) is 14.9 Å². The molecule has 1 aromatic carbocycles. The highest BCUT2D eigenvalue weighted by Gasteiger charge is 2.14. The van der Waals surface area contributed by atoms with Gasteiger partial charge in [0.05, 0.1) is 22.2 Å². The Kier molecular flexibility index (Phi) is 6.94. The van der Waals surface area contributed by atoms with Crippen LogP contribution in [-0.2, 0) is 0 Å². The first-order valence-corrected chi connectivity index (χ1v) is 7.36. The number of thiophene rings is 1. The fourth-order valence-electron chi connectivity index (χ4n) is 1.54. The molecule has 124 valence electrons. The summed E-state index contributed by atoms with van der Waals surface area (Å²) in [6.07, 6.45) is 0.751. The number of hydrogen-bond acceptors (Lipinski definition) is 6. The second-order valence-electron chi connectivity index (χ2n) is 4.31. The van der Waals surface area contributed by atoms with E-state index in [0.29, 0.717) is 16.1 Å². The molecule has 0 unspecified atom stereocenters. The first-order valence-electron chi connectivity index (χ1n) is 6.54. The summed E-state index contributed by atoms with van der Waals surface area (Å²) in [5, 5.41) is 14.6. The Morgan fingerprint density at radius 3 is 2.29 bits per heavy atom. The molecule has 0 aliphatic carbocycles. The van der Waals surface area contributed by atoms with Crippen molar-refractivity contribution >= 4 is 39.6 Å². The number of nitriles is 1. The Morgan fingerprint density at radius 1 is 1.25 bits per heavy atom. The molecular weight excluding hydrogens is 330 g/mol. The molecular formula is C15H15N5O3S. The molecule has 8 nitrogen and oxygen atoms in total. The minimum absolute atomic E-state index is 0.248. The monoisotopic (exact) mass is 345 g/mol. The number of urea groups is 1. The van der Waals surface area contributed by atoms with E-state index < -0.39 is 11.9 Å². The lowest BCUT2D eigenvalue weighted by atomic mass is 10.2. The lowest BCUT2D eigenvalue weighted by molar-refractivity contribution is 0.100. The van der Waals surface area contributed by atoms with Crippen LogP contribution in [0.5, 0.6) is 0 Å². The van der Waals surface area contributed by atoms with Crippen molar-refractivity contribution in [2.45, 2.75) is 0 Å². The zero-order chi connectivity index (χ0) is 18.1. The molecule has 0 aliphatic heterocycles. The van der Waals surface area contributed by atoms with Gasteiger partial charge in [-0.25, -0.2) is 4.79 Å². The lowest BCUT2D eigenvalue weighted by Gasteiger charge is -1.98. The van der Waals surface area contributed by atoms with Crippen molar-refractivity contribution in [2.75, 3.05) is 17.7 Å². The molecule has 0 spiro atoms. The Morgan fingerprint density at radius 2 is 1.88 bits per heavy atom. The molecule has 9 heteroatoms. The van der Waals surface area contributed by atoms with Crippen molar-refractivity contribution in [1.82, 2.24) is 0 Å². The molecule has 0 atom stereocenters. The van der Waals surface area contributed by atoms with Crippen LogP contribution in [0.25, 0.3) is 0 Å². The van der Waals surface area contributed by atoms with E-state index in [2.05, 4.69) is 10.6 Å². The molecule has 0 saturated heterocycles. The number of carbonyl (C=O) groups excluding carboxylic acids is 3. The number of amides is 3. The largest absolute Gasteiger partial charge is 0.380 e. The zero-order valence-electron chi connectivity index (χ0n) is 12.7. The molecule has 2 aromatic rings. The molecule has 0 bridgehead atoms. The number of nitrogens with zero attached hydrogens (tertiary/aromatic N) is 1. The van der Waals surface area contributed by atoms with Gasteiger partial charge >= 0.3 is 6.03 Å². The fourth-order valence-corrected chi connectivity index (χ4v) is 2.46. The molecule has 0 radical (unpaired) electrons. The van der Waals surface area contributed by atoms with Gasteiger partial charge in [-0.05, 0) is 18.2 Å². The predicted molar refractivity (Wildman–Crippen MR) is 92.1 cm³/mol. The van der Waals surface area contributed by atoms with Crippen LogP contribution < -0.4 is 22.1 Å².